The zero-order chi connectivity index (χ0) is 36.2. The number of hydrogen-bond donors (Lipinski definition) is 19. The van der Waals surface area contributed by atoms with Crippen LogP contribution < -0.4 is 9.47 Å². The van der Waals surface area contributed by atoms with Crippen molar-refractivity contribution in [1.82, 2.24) is 4.90 Å². The van der Waals surface area contributed by atoms with Gasteiger partial charge in [-0.3, -0.25) is 4.79 Å². The average Bonchev–Trinajstić information content (AvgIpc) is 2.86. The quantitative estimate of drug-likeness (QED) is 0.0849. The molecule has 264 valence electrons. The number of carbonyl (C=O) groups is 1. The number of fused-ring (bicyclic) bond motifs is 3. The molecule has 4 atom stereocenters. The number of aromatic hydroxyl groups is 2. The van der Waals surface area contributed by atoms with Gasteiger partial charge in [0.05, 0.1) is 24.7 Å². The number of aliphatic hydroxyl groups is 17. The maximum Gasteiger partial charge on any atom is 0.453 e. The van der Waals surface area contributed by atoms with E-state index in [1.54, 1.807) is 0 Å². The van der Waals surface area contributed by atoms with Gasteiger partial charge >= 0.3 is 18.1 Å². The summed E-state index contributed by atoms with van der Waals surface area (Å²) in [4.78, 5) is 12.4. The summed E-state index contributed by atoms with van der Waals surface area (Å²) in [5.41, 5.74) is -12.9. The van der Waals surface area contributed by atoms with Crippen LogP contribution in [-0.2, 0) is 25.8 Å². The molecule has 2 heterocycles. The second-order valence-corrected chi connectivity index (χ2v) is 10.3. The molecule has 0 amide bonds. The Kier molecular flexibility index (Phi) is 8.53. The number of methoxy groups -OCH3 is 3. The lowest BCUT2D eigenvalue weighted by Crippen LogP contribution is -2.88. The van der Waals surface area contributed by atoms with Crippen molar-refractivity contribution < 1.29 is 121 Å². The van der Waals surface area contributed by atoms with Gasteiger partial charge in [-0.1, -0.05) is 0 Å². The normalized spacial score (nSPS) is 27.2. The van der Waals surface area contributed by atoms with E-state index in [9.17, 15) is 102 Å². The minimum absolute atomic E-state index is 0.163. The second kappa shape index (κ2) is 10.4. The number of ketones is 1. The fourth-order valence-electron chi connectivity index (χ4n) is 5.68. The highest BCUT2D eigenvalue weighted by Crippen LogP contribution is 2.64. The Morgan fingerprint density at radius 3 is 1.61 bits per heavy atom. The molecule has 0 aromatic heterocycles. The molecule has 0 bridgehead atoms. The molecule has 1 saturated heterocycles. The number of carbonyl (C=O) groups excluding carboxylic acids is 1. The fraction of sp³-hybridized carbons (Fsp3) is 0.667. The van der Waals surface area contributed by atoms with Crippen molar-refractivity contribution in [2.75, 3.05) is 21.3 Å². The molecular formula is C21H31NO24. The zero-order valence-corrected chi connectivity index (χ0v) is 23.3. The van der Waals surface area contributed by atoms with Gasteiger partial charge < -0.3 is 116 Å². The van der Waals surface area contributed by atoms with Crippen LogP contribution in [0.1, 0.15) is 17.5 Å². The molecule has 46 heavy (non-hydrogen) atoms. The lowest BCUT2D eigenvalue weighted by atomic mass is 9.67. The molecule has 25 heteroatoms. The Bertz CT molecular complexity index is 1400. The smallest absolute Gasteiger partial charge is 0.453 e. The first-order valence-corrected chi connectivity index (χ1v) is 11.9. The van der Waals surface area contributed by atoms with Crippen molar-refractivity contribution in [3.63, 3.8) is 0 Å². The SMILES string of the molecule is COc1c(O)c2c(c(O)c1OC(O)(O)O)C1(O)CC(=O)C(C(O)(OC)C(O)(C(O)(O)O)C(O)(O)OC)C(O)(O)N1C(O)(O)C2(O)O. The van der Waals surface area contributed by atoms with Gasteiger partial charge in [0.25, 0.3) is 17.3 Å². The van der Waals surface area contributed by atoms with Crippen molar-refractivity contribution in [1.29, 1.82) is 0 Å². The minimum Gasteiger partial charge on any atom is -0.504 e. The zero-order valence-electron chi connectivity index (χ0n) is 23.3. The van der Waals surface area contributed by atoms with Crippen LogP contribution in [0.2, 0.25) is 0 Å². The Labute approximate surface area is 252 Å². The van der Waals surface area contributed by atoms with Crippen LogP contribution >= 0.6 is 0 Å². The van der Waals surface area contributed by atoms with Gasteiger partial charge in [-0.15, -0.1) is 0 Å². The van der Waals surface area contributed by atoms with E-state index < -0.39 is 110 Å². The molecule has 2 aliphatic heterocycles. The maximum absolute atomic E-state index is 13.6. The van der Waals surface area contributed by atoms with Gasteiger partial charge in [0, 0.05) is 14.2 Å². The van der Waals surface area contributed by atoms with Crippen LogP contribution in [0.3, 0.4) is 0 Å². The van der Waals surface area contributed by atoms with E-state index in [0.29, 0.717) is 7.11 Å². The van der Waals surface area contributed by atoms with E-state index in [0.717, 1.165) is 0 Å². The first-order chi connectivity index (χ1) is 20.3. The summed E-state index contributed by atoms with van der Waals surface area (Å²) in [6.07, 6.45) is -6.38. The predicted molar refractivity (Wildman–Crippen MR) is 126 cm³/mol. The average molecular weight is 681 g/mol. The third-order valence-electron chi connectivity index (χ3n) is 7.62. The molecule has 0 radical (unpaired) electrons. The number of ether oxygens (including phenoxy) is 4. The van der Waals surface area contributed by atoms with Crippen molar-refractivity contribution in [2.24, 2.45) is 5.92 Å². The Morgan fingerprint density at radius 2 is 1.22 bits per heavy atom. The summed E-state index contributed by atoms with van der Waals surface area (Å²) in [6.45, 7) is 0. The highest BCUT2D eigenvalue weighted by Gasteiger charge is 2.85. The molecule has 19 N–H and O–H groups in total. The topological polar surface area (TPSA) is 442 Å². The molecular weight excluding hydrogens is 650 g/mol. The van der Waals surface area contributed by atoms with Crippen LogP contribution in [-0.4, -0.2) is 170 Å². The van der Waals surface area contributed by atoms with Gasteiger partial charge in [-0.25, -0.2) is 0 Å². The molecule has 1 aromatic rings. The highest BCUT2D eigenvalue weighted by atomic mass is 16.9. The van der Waals surface area contributed by atoms with Crippen molar-refractivity contribution in [3.8, 4) is 23.0 Å². The first-order valence-electron chi connectivity index (χ1n) is 11.9. The number of hydrogen-bond acceptors (Lipinski definition) is 25. The van der Waals surface area contributed by atoms with E-state index in [1.165, 1.54) is 0 Å². The van der Waals surface area contributed by atoms with Crippen LogP contribution in [0, 0.1) is 5.92 Å². The van der Waals surface area contributed by atoms with E-state index in [-0.39, 0.29) is 14.2 Å². The summed E-state index contributed by atoms with van der Waals surface area (Å²) in [5.74, 6) is -42.1. The third-order valence-corrected chi connectivity index (χ3v) is 7.62. The standard InChI is InChI=1S/C21H31NO24/c1-43-10-9(25)7-6(8(24)11(10)46-21(40,41)42)13(26)4-5(23)12(16(30,31)22(13)18(33,34)14(7,27)28)15(29,44-2)17(32,19(35,36)37)20(38,39)45-3/h12,24-42H,4H2,1-3H3. The van der Waals surface area contributed by atoms with E-state index in [2.05, 4.69) is 18.9 Å². The van der Waals surface area contributed by atoms with Crippen LogP contribution in [0.25, 0.3) is 0 Å². The number of phenols is 2. The summed E-state index contributed by atoms with van der Waals surface area (Å²) in [6, 6.07) is 0. The number of benzene rings is 1. The lowest BCUT2D eigenvalue weighted by Gasteiger charge is -2.63. The fourth-order valence-corrected chi connectivity index (χ4v) is 5.68. The van der Waals surface area contributed by atoms with Crippen LogP contribution in [0.15, 0.2) is 0 Å². The summed E-state index contributed by atoms with van der Waals surface area (Å²) in [7, 11) is 1.05. The largest absolute Gasteiger partial charge is 0.504 e. The highest BCUT2D eigenvalue weighted by molar-refractivity contribution is 5.86. The van der Waals surface area contributed by atoms with Crippen LogP contribution in [0.5, 0.6) is 23.0 Å². The summed E-state index contributed by atoms with van der Waals surface area (Å²) < 4.78 is 17.2. The first kappa shape index (κ1) is 37.7. The molecule has 25 nitrogen and oxygen atoms in total. The Morgan fingerprint density at radius 1 is 0.739 bits per heavy atom. The number of nitrogens with zero attached hydrogens (tertiary/aromatic N) is 1. The molecule has 0 aliphatic carbocycles. The van der Waals surface area contributed by atoms with Gasteiger partial charge in [0.15, 0.2) is 23.0 Å². The van der Waals surface area contributed by atoms with Gasteiger partial charge in [-0.2, -0.15) is 4.90 Å². The molecule has 4 unspecified atom stereocenters. The Hall–Kier alpha value is -2.71. The van der Waals surface area contributed by atoms with Gasteiger partial charge in [0.1, 0.15) is 5.92 Å². The van der Waals surface area contributed by atoms with E-state index in [4.69, 9.17) is 0 Å². The number of Topliss-reactive ketones (excluding diaryl/α,β-unsaturated/α-hetero) is 1. The van der Waals surface area contributed by atoms with Crippen molar-refractivity contribution >= 4 is 5.78 Å². The minimum atomic E-state index is -5.12. The molecule has 1 aromatic carbocycles. The van der Waals surface area contributed by atoms with Crippen LogP contribution in [0.4, 0.5) is 0 Å². The molecule has 3 rings (SSSR count). The number of phenolic OH excluding ortho intramolecular Hbond substituents is 2. The molecule has 1 fully saturated rings. The van der Waals surface area contributed by atoms with E-state index in [1.807, 2.05) is 0 Å². The number of piperidine rings is 1. The summed E-state index contributed by atoms with van der Waals surface area (Å²) in [5, 5.41) is 199. The number of rotatable bonds is 9. The molecule has 0 spiro atoms. The maximum atomic E-state index is 13.6. The monoisotopic (exact) mass is 681 g/mol. The van der Waals surface area contributed by atoms with Crippen molar-refractivity contribution in [2.45, 2.75) is 59.2 Å². The Balaban J connectivity index is 2.54. The van der Waals surface area contributed by atoms with E-state index >= 15 is 0 Å². The predicted octanol–water partition coefficient (Wildman–Crippen LogP) is -10.5. The van der Waals surface area contributed by atoms with Crippen molar-refractivity contribution in [3.05, 3.63) is 11.1 Å². The molecule has 2 aliphatic rings. The second-order valence-electron chi connectivity index (χ2n) is 10.3. The third kappa shape index (κ3) is 4.56. The molecule has 0 saturated carbocycles. The lowest BCUT2D eigenvalue weighted by molar-refractivity contribution is -0.571. The summed E-state index contributed by atoms with van der Waals surface area (Å²) >= 11 is 0. The van der Waals surface area contributed by atoms with Gasteiger partial charge in [0.2, 0.25) is 23.2 Å². The van der Waals surface area contributed by atoms with Gasteiger partial charge in [-0.05, 0) is 0 Å².